The predicted molar refractivity (Wildman–Crippen MR) is 84.6 cm³/mol. The smallest absolute Gasteiger partial charge is 0.240 e. The van der Waals surface area contributed by atoms with Crippen molar-refractivity contribution in [3.63, 3.8) is 0 Å². The van der Waals surface area contributed by atoms with E-state index in [1.807, 2.05) is 17.5 Å². The molecule has 0 amide bonds. The Labute approximate surface area is 129 Å². The molecule has 2 N–H and O–H groups in total. The Morgan fingerprint density at radius 2 is 1.90 bits per heavy atom. The largest absolute Gasteiger partial charge is 0.310 e. The second kappa shape index (κ2) is 7.13. The maximum Gasteiger partial charge on any atom is 0.240 e. The number of nitrogens with zero attached hydrogens (tertiary/aromatic N) is 1. The van der Waals surface area contributed by atoms with Crippen LogP contribution in [0.2, 0.25) is 0 Å². The standard InChI is InChI=1S/C14H19N3O2S2/c1-11(2)16-9-12-3-5-13(6-4-12)21(18,19)17-10-14-15-7-8-20-14/h3-8,11,16-17H,9-10H2,1-2H3. The van der Waals surface area contributed by atoms with Crippen molar-refractivity contribution in [2.75, 3.05) is 0 Å². The summed E-state index contributed by atoms with van der Waals surface area (Å²) >= 11 is 1.42. The molecule has 7 heteroatoms. The van der Waals surface area contributed by atoms with Crippen LogP contribution in [0.4, 0.5) is 0 Å². The summed E-state index contributed by atoms with van der Waals surface area (Å²) in [6, 6.07) is 7.30. The van der Waals surface area contributed by atoms with Gasteiger partial charge in [-0.2, -0.15) is 0 Å². The lowest BCUT2D eigenvalue weighted by molar-refractivity contribution is 0.580. The molecule has 0 fully saturated rings. The molecule has 0 atom stereocenters. The lowest BCUT2D eigenvalue weighted by Crippen LogP contribution is -2.23. The van der Waals surface area contributed by atoms with Crippen LogP contribution in [0.15, 0.2) is 40.7 Å². The van der Waals surface area contributed by atoms with E-state index in [9.17, 15) is 8.42 Å². The minimum Gasteiger partial charge on any atom is -0.310 e. The summed E-state index contributed by atoms with van der Waals surface area (Å²) in [6.07, 6.45) is 1.66. The van der Waals surface area contributed by atoms with E-state index in [1.54, 1.807) is 18.3 Å². The molecule has 0 unspecified atom stereocenters. The Morgan fingerprint density at radius 1 is 1.19 bits per heavy atom. The van der Waals surface area contributed by atoms with E-state index >= 15 is 0 Å². The molecule has 1 aromatic heterocycles. The van der Waals surface area contributed by atoms with E-state index in [0.717, 1.165) is 17.1 Å². The SMILES string of the molecule is CC(C)NCc1ccc(S(=O)(=O)NCc2nccs2)cc1. The van der Waals surface area contributed by atoms with E-state index in [1.165, 1.54) is 11.3 Å². The van der Waals surface area contributed by atoms with Gasteiger partial charge in [0.05, 0.1) is 11.4 Å². The first-order valence-electron chi connectivity index (χ1n) is 6.68. The number of hydrogen-bond donors (Lipinski definition) is 2. The maximum absolute atomic E-state index is 12.2. The maximum atomic E-state index is 12.2. The minimum atomic E-state index is -3.49. The highest BCUT2D eigenvalue weighted by Gasteiger charge is 2.14. The Balaban J connectivity index is 1.99. The summed E-state index contributed by atoms with van der Waals surface area (Å²) in [5.41, 5.74) is 1.06. The third-order valence-corrected chi connectivity index (χ3v) is 5.04. The molecule has 1 heterocycles. The summed E-state index contributed by atoms with van der Waals surface area (Å²) in [5, 5.41) is 5.86. The van der Waals surface area contributed by atoms with E-state index in [0.29, 0.717) is 6.04 Å². The Hall–Kier alpha value is -1.28. The van der Waals surface area contributed by atoms with Crippen molar-refractivity contribution in [3.8, 4) is 0 Å². The first kappa shape index (κ1) is 16.1. The first-order chi connectivity index (χ1) is 9.97. The summed E-state index contributed by atoms with van der Waals surface area (Å²) in [7, 11) is -3.49. The van der Waals surface area contributed by atoms with Crippen LogP contribution in [0.5, 0.6) is 0 Å². The van der Waals surface area contributed by atoms with Crippen LogP contribution in [0.3, 0.4) is 0 Å². The summed E-state index contributed by atoms with van der Waals surface area (Å²) < 4.78 is 26.9. The molecule has 0 aliphatic heterocycles. The number of aromatic nitrogens is 1. The van der Waals surface area contributed by atoms with Gasteiger partial charge >= 0.3 is 0 Å². The third-order valence-electron chi connectivity index (χ3n) is 2.84. The van der Waals surface area contributed by atoms with Crippen LogP contribution < -0.4 is 10.0 Å². The molecule has 0 spiro atoms. The lowest BCUT2D eigenvalue weighted by atomic mass is 10.2. The van der Waals surface area contributed by atoms with Gasteiger partial charge in [-0.05, 0) is 17.7 Å². The zero-order chi connectivity index (χ0) is 15.3. The van der Waals surface area contributed by atoms with Crippen LogP contribution in [0.25, 0.3) is 0 Å². The van der Waals surface area contributed by atoms with E-state index in [-0.39, 0.29) is 11.4 Å². The van der Waals surface area contributed by atoms with Gasteiger partial charge in [-0.25, -0.2) is 18.1 Å². The highest BCUT2D eigenvalue weighted by Crippen LogP contribution is 2.12. The Morgan fingerprint density at radius 3 is 2.48 bits per heavy atom. The number of thiazole rings is 1. The fourth-order valence-electron chi connectivity index (χ4n) is 1.69. The normalized spacial score (nSPS) is 12.0. The predicted octanol–water partition coefficient (Wildman–Crippen LogP) is 2.12. The van der Waals surface area contributed by atoms with E-state index in [2.05, 4.69) is 28.9 Å². The Kier molecular flexibility index (Phi) is 5.46. The molecule has 2 rings (SSSR count). The molecule has 0 saturated carbocycles. The zero-order valence-corrected chi connectivity index (χ0v) is 13.7. The monoisotopic (exact) mass is 325 g/mol. The quantitative estimate of drug-likeness (QED) is 0.818. The van der Waals surface area contributed by atoms with Gasteiger partial charge in [0.25, 0.3) is 0 Å². The van der Waals surface area contributed by atoms with E-state index in [4.69, 9.17) is 0 Å². The van der Waals surface area contributed by atoms with Crippen LogP contribution in [-0.4, -0.2) is 19.4 Å². The summed E-state index contributed by atoms with van der Waals surface area (Å²) in [5.74, 6) is 0. The molecule has 5 nitrogen and oxygen atoms in total. The average Bonchev–Trinajstić information content (AvgIpc) is 2.97. The second-order valence-electron chi connectivity index (χ2n) is 4.93. The van der Waals surface area contributed by atoms with Crippen molar-refractivity contribution in [1.29, 1.82) is 0 Å². The van der Waals surface area contributed by atoms with Crippen molar-refractivity contribution in [3.05, 3.63) is 46.4 Å². The third kappa shape index (κ3) is 4.89. The van der Waals surface area contributed by atoms with Gasteiger partial charge in [0, 0.05) is 24.2 Å². The van der Waals surface area contributed by atoms with Crippen molar-refractivity contribution < 1.29 is 8.42 Å². The Bertz CT molecular complexity index is 650. The molecule has 2 aromatic rings. The van der Waals surface area contributed by atoms with Gasteiger partial charge in [0.1, 0.15) is 5.01 Å². The van der Waals surface area contributed by atoms with Crippen LogP contribution in [0.1, 0.15) is 24.4 Å². The molecule has 0 aliphatic carbocycles. The molecule has 114 valence electrons. The molecule has 0 radical (unpaired) electrons. The molecule has 0 aliphatic rings. The number of sulfonamides is 1. The topological polar surface area (TPSA) is 71.1 Å². The molecule has 0 bridgehead atoms. The molecule has 1 aromatic carbocycles. The highest BCUT2D eigenvalue weighted by atomic mass is 32.2. The minimum absolute atomic E-state index is 0.219. The summed E-state index contributed by atoms with van der Waals surface area (Å²) in [6.45, 7) is 5.09. The second-order valence-corrected chi connectivity index (χ2v) is 7.68. The number of hydrogen-bond acceptors (Lipinski definition) is 5. The van der Waals surface area contributed by atoms with E-state index < -0.39 is 10.0 Å². The van der Waals surface area contributed by atoms with Gasteiger partial charge in [-0.3, -0.25) is 0 Å². The highest BCUT2D eigenvalue weighted by molar-refractivity contribution is 7.89. The van der Waals surface area contributed by atoms with Gasteiger partial charge < -0.3 is 5.32 Å². The molecule has 0 saturated heterocycles. The number of benzene rings is 1. The average molecular weight is 325 g/mol. The first-order valence-corrected chi connectivity index (χ1v) is 9.04. The van der Waals surface area contributed by atoms with Gasteiger partial charge in [-0.15, -0.1) is 11.3 Å². The van der Waals surface area contributed by atoms with Crippen molar-refractivity contribution in [2.24, 2.45) is 0 Å². The number of rotatable bonds is 7. The van der Waals surface area contributed by atoms with Gasteiger partial charge in [0.2, 0.25) is 10.0 Å². The fraction of sp³-hybridized carbons (Fsp3) is 0.357. The zero-order valence-electron chi connectivity index (χ0n) is 12.0. The van der Waals surface area contributed by atoms with Gasteiger partial charge in [0.15, 0.2) is 0 Å². The molecular formula is C14H19N3O2S2. The molecular weight excluding hydrogens is 306 g/mol. The molecule has 21 heavy (non-hydrogen) atoms. The van der Waals surface area contributed by atoms with Crippen LogP contribution in [-0.2, 0) is 23.1 Å². The number of nitrogens with one attached hydrogen (secondary N) is 2. The van der Waals surface area contributed by atoms with Crippen molar-refractivity contribution in [2.45, 2.75) is 37.9 Å². The van der Waals surface area contributed by atoms with Crippen LogP contribution in [0, 0.1) is 0 Å². The lowest BCUT2D eigenvalue weighted by Gasteiger charge is -2.09. The van der Waals surface area contributed by atoms with Crippen molar-refractivity contribution >= 4 is 21.4 Å². The fourth-order valence-corrected chi connectivity index (χ4v) is 3.32. The van der Waals surface area contributed by atoms with Crippen LogP contribution >= 0.6 is 11.3 Å². The van der Waals surface area contributed by atoms with Crippen molar-refractivity contribution in [1.82, 2.24) is 15.0 Å². The van der Waals surface area contributed by atoms with Gasteiger partial charge in [-0.1, -0.05) is 26.0 Å². The summed E-state index contributed by atoms with van der Waals surface area (Å²) in [4.78, 5) is 4.32.